The number of hydrogen-bond donors (Lipinski definition) is 0. The molecule has 3 heteroatoms. The Bertz CT molecular complexity index is 428. The summed E-state index contributed by atoms with van der Waals surface area (Å²) in [6.07, 6.45) is 0.528. The molecule has 0 bridgehead atoms. The fourth-order valence-corrected chi connectivity index (χ4v) is 2.71. The van der Waals surface area contributed by atoms with Gasteiger partial charge in [0.1, 0.15) is 0 Å². The number of hydrogen-bond acceptors (Lipinski definition) is 2. The minimum Gasteiger partial charge on any atom is -0.340 e. The fourth-order valence-electron chi connectivity index (χ4n) is 2.71. The van der Waals surface area contributed by atoms with Crippen LogP contribution in [0.2, 0.25) is 0 Å². The molecule has 3 nitrogen and oxygen atoms in total. The second-order valence-corrected chi connectivity index (χ2v) is 6.88. The lowest BCUT2D eigenvalue weighted by Gasteiger charge is -2.37. The topological polar surface area (TPSA) is 23.6 Å². The summed E-state index contributed by atoms with van der Waals surface area (Å²) in [6, 6.07) is 10.0. The molecule has 0 aromatic heterocycles. The van der Waals surface area contributed by atoms with Crippen LogP contribution >= 0.6 is 0 Å². The van der Waals surface area contributed by atoms with E-state index in [4.69, 9.17) is 0 Å². The Morgan fingerprint density at radius 3 is 2.20 bits per heavy atom. The van der Waals surface area contributed by atoms with Gasteiger partial charge in [0.25, 0.3) is 0 Å². The predicted molar refractivity (Wildman–Crippen MR) is 82.6 cm³/mol. The standard InChI is InChI=1S/C17H26N2O/c1-17(2,3)14-18-9-11-19(12-10-18)16(20)13-15-7-5-4-6-8-15/h4-8H,9-14H2,1-3H3. The van der Waals surface area contributed by atoms with E-state index in [1.165, 1.54) is 0 Å². The van der Waals surface area contributed by atoms with Crippen molar-refractivity contribution in [3.63, 3.8) is 0 Å². The Morgan fingerprint density at radius 2 is 1.65 bits per heavy atom. The van der Waals surface area contributed by atoms with Gasteiger partial charge in [-0.15, -0.1) is 0 Å². The van der Waals surface area contributed by atoms with Gasteiger partial charge in [0.15, 0.2) is 0 Å². The third-order valence-corrected chi connectivity index (χ3v) is 3.62. The average molecular weight is 274 g/mol. The Morgan fingerprint density at radius 1 is 1.05 bits per heavy atom. The normalized spacial score (nSPS) is 17.2. The molecule has 110 valence electrons. The number of piperazine rings is 1. The van der Waals surface area contributed by atoms with E-state index in [-0.39, 0.29) is 5.91 Å². The van der Waals surface area contributed by atoms with Crippen molar-refractivity contribution in [1.82, 2.24) is 9.80 Å². The predicted octanol–water partition coefficient (Wildman–Crippen LogP) is 2.42. The van der Waals surface area contributed by atoms with E-state index in [0.717, 1.165) is 38.3 Å². The Kier molecular flexibility index (Phi) is 4.81. The van der Waals surface area contributed by atoms with Gasteiger partial charge < -0.3 is 4.90 Å². The van der Waals surface area contributed by atoms with Crippen LogP contribution < -0.4 is 0 Å². The highest BCUT2D eigenvalue weighted by Crippen LogP contribution is 2.16. The van der Waals surface area contributed by atoms with Crippen LogP contribution in [0.1, 0.15) is 26.3 Å². The molecule has 0 radical (unpaired) electrons. The average Bonchev–Trinajstić information content (AvgIpc) is 2.39. The van der Waals surface area contributed by atoms with Crippen LogP contribution in [0.5, 0.6) is 0 Å². The van der Waals surface area contributed by atoms with Crippen LogP contribution in [0, 0.1) is 5.41 Å². The number of nitrogens with zero attached hydrogens (tertiary/aromatic N) is 2. The third-order valence-electron chi connectivity index (χ3n) is 3.62. The molecule has 20 heavy (non-hydrogen) atoms. The van der Waals surface area contributed by atoms with Crippen molar-refractivity contribution in [2.45, 2.75) is 27.2 Å². The van der Waals surface area contributed by atoms with Crippen LogP contribution in [-0.4, -0.2) is 48.4 Å². The molecule has 1 aromatic rings. The summed E-state index contributed by atoms with van der Waals surface area (Å²) in [5, 5.41) is 0. The first kappa shape index (κ1) is 15.0. The first-order chi connectivity index (χ1) is 9.44. The highest BCUT2D eigenvalue weighted by molar-refractivity contribution is 5.78. The maximum atomic E-state index is 12.3. The Hall–Kier alpha value is -1.35. The number of carbonyl (C=O) groups excluding carboxylic acids is 1. The molecule has 0 saturated carbocycles. The quantitative estimate of drug-likeness (QED) is 0.845. The van der Waals surface area contributed by atoms with E-state index in [9.17, 15) is 4.79 Å². The molecule has 0 N–H and O–H groups in total. The first-order valence-electron chi connectivity index (χ1n) is 7.48. The van der Waals surface area contributed by atoms with Gasteiger partial charge in [-0.25, -0.2) is 0 Å². The second kappa shape index (κ2) is 6.40. The SMILES string of the molecule is CC(C)(C)CN1CCN(C(=O)Cc2ccccc2)CC1. The zero-order valence-electron chi connectivity index (χ0n) is 12.9. The molecule has 1 amide bonds. The highest BCUT2D eigenvalue weighted by atomic mass is 16.2. The summed E-state index contributed by atoms with van der Waals surface area (Å²) in [5.74, 6) is 0.256. The lowest BCUT2D eigenvalue weighted by molar-refractivity contribution is -0.132. The monoisotopic (exact) mass is 274 g/mol. The Balaban J connectivity index is 1.80. The lowest BCUT2D eigenvalue weighted by atomic mass is 9.96. The molecule has 2 rings (SSSR count). The Labute approximate surface area is 122 Å². The zero-order valence-corrected chi connectivity index (χ0v) is 12.9. The minimum absolute atomic E-state index is 0.256. The number of benzene rings is 1. The van der Waals surface area contributed by atoms with E-state index in [1.54, 1.807) is 0 Å². The summed E-state index contributed by atoms with van der Waals surface area (Å²) < 4.78 is 0. The van der Waals surface area contributed by atoms with Crippen molar-refractivity contribution in [2.75, 3.05) is 32.7 Å². The maximum Gasteiger partial charge on any atom is 0.227 e. The third kappa shape index (κ3) is 4.64. The summed E-state index contributed by atoms with van der Waals surface area (Å²) in [5.41, 5.74) is 1.44. The van der Waals surface area contributed by atoms with Crippen LogP contribution in [0.3, 0.4) is 0 Å². The fraction of sp³-hybridized carbons (Fsp3) is 0.588. The van der Waals surface area contributed by atoms with Crippen molar-refractivity contribution in [3.8, 4) is 0 Å². The number of amides is 1. The molecule has 1 aromatic carbocycles. The minimum atomic E-state index is 0.256. The van der Waals surface area contributed by atoms with Crippen molar-refractivity contribution >= 4 is 5.91 Å². The van der Waals surface area contributed by atoms with E-state index in [1.807, 2.05) is 35.2 Å². The lowest BCUT2D eigenvalue weighted by Crippen LogP contribution is -2.50. The molecule has 1 fully saturated rings. The van der Waals surface area contributed by atoms with Gasteiger partial charge in [0.05, 0.1) is 6.42 Å². The van der Waals surface area contributed by atoms with E-state index < -0.39 is 0 Å². The van der Waals surface area contributed by atoms with Crippen molar-refractivity contribution < 1.29 is 4.79 Å². The van der Waals surface area contributed by atoms with Gasteiger partial charge in [-0.3, -0.25) is 9.69 Å². The van der Waals surface area contributed by atoms with Gasteiger partial charge in [0.2, 0.25) is 5.91 Å². The van der Waals surface area contributed by atoms with E-state index in [2.05, 4.69) is 25.7 Å². The summed E-state index contributed by atoms with van der Waals surface area (Å²) in [4.78, 5) is 16.7. The van der Waals surface area contributed by atoms with Crippen molar-refractivity contribution in [3.05, 3.63) is 35.9 Å². The maximum absolute atomic E-state index is 12.3. The molecule has 1 aliphatic rings. The van der Waals surface area contributed by atoms with E-state index >= 15 is 0 Å². The van der Waals surface area contributed by atoms with Crippen LogP contribution in [0.4, 0.5) is 0 Å². The van der Waals surface area contributed by atoms with Crippen LogP contribution in [0.15, 0.2) is 30.3 Å². The number of carbonyl (C=O) groups is 1. The van der Waals surface area contributed by atoms with Crippen LogP contribution in [-0.2, 0) is 11.2 Å². The molecule has 1 heterocycles. The van der Waals surface area contributed by atoms with Gasteiger partial charge >= 0.3 is 0 Å². The first-order valence-corrected chi connectivity index (χ1v) is 7.48. The van der Waals surface area contributed by atoms with E-state index in [0.29, 0.717) is 11.8 Å². The molecule has 0 aliphatic carbocycles. The largest absolute Gasteiger partial charge is 0.340 e. The van der Waals surface area contributed by atoms with Gasteiger partial charge in [0, 0.05) is 32.7 Å². The summed E-state index contributed by atoms with van der Waals surface area (Å²) in [7, 11) is 0. The molecular formula is C17H26N2O. The molecular weight excluding hydrogens is 248 g/mol. The smallest absolute Gasteiger partial charge is 0.227 e. The molecule has 1 aliphatic heterocycles. The molecule has 0 spiro atoms. The van der Waals surface area contributed by atoms with Crippen molar-refractivity contribution in [2.24, 2.45) is 5.41 Å². The molecule has 0 unspecified atom stereocenters. The summed E-state index contributed by atoms with van der Waals surface area (Å²) >= 11 is 0. The van der Waals surface area contributed by atoms with Gasteiger partial charge in [-0.1, -0.05) is 51.1 Å². The highest BCUT2D eigenvalue weighted by Gasteiger charge is 2.23. The second-order valence-electron chi connectivity index (χ2n) is 6.88. The molecule has 1 saturated heterocycles. The number of rotatable bonds is 3. The van der Waals surface area contributed by atoms with Gasteiger partial charge in [-0.05, 0) is 11.0 Å². The van der Waals surface area contributed by atoms with Crippen molar-refractivity contribution in [1.29, 1.82) is 0 Å². The molecule has 0 atom stereocenters. The van der Waals surface area contributed by atoms with Gasteiger partial charge in [-0.2, -0.15) is 0 Å². The van der Waals surface area contributed by atoms with Crippen LogP contribution in [0.25, 0.3) is 0 Å². The summed E-state index contributed by atoms with van der Waals surface area (Å²) in [6.45, 7) is 11.6. The zero-order chi connectivity index (χ0) is 14.6.